The van der Waals surface area contributed by atoms with Crippen LogP contribution in [0.2, 0.25) is 0 Å². The van der Waals surface area contributed by atoms with Gasteiger partial charge in [0.2, 0.25) is 0 Å². The molecule has 114 valence electrons. The summed E-state index contributed by atoms with van der Waals surface area (Å²) in [6.07, 6.45) is -0.793. The molecule has 2 saturated heterocycles. The van der Waals surface area contributed by atoms with Crippen molar-refractivity contribution in [3.63, 3.8) is 0 Å². The van der Waals surface area contributed by atoms with Gasteiger partial charge < -0.3 is 30.1 Å². The SMILES string of the molecule is CN1CCOC(CNC(=O)N2C[C@H](O)C[C@@H]2C(=O)O)C1. The van der Waals surface area contributed by atoms with Crippen LogP contribution in [0, 0.1) is 0 Å². The molecule has 2 heterocycles. The molecule has 20 heavy (non-hydrogen) atoms. The van der Waals surface area contributed by atoms with Crippen LogP contribution >= 0.6 is 0 Å². The first-order chi connectivity index (χ1) is 9.47. The average molecular weight is 287 g/mol. The highest BCUT2D eigenvalue weighted by Crippen LogP contribution is 2.18. The summed E-state index contributed by atoms with van der Waals surface area (Å²) in [7, 11) is 1.98. The molecule has 2 rings (SSSR count). The quantitative estimate of drug-likeness (QED) is 0.587. The van der Waals surface area contributed by atoms with E-state index in [9.17, 15) is 14.7 Å². The van der Waals surface area contributed by atoms with Crippen LogP contribution in [0.1, 0.15) is 6.42 Å². The first-order valence-corrected chi connectivity index (χ1v) is 6.73. The summed E-state index contributed by atoms with van der Waals surface area (Å²) in [6.45, 7) is 2.60. The lowest BCUT2D eigenvalue weighted by Gasteiger charge is -2.31. The fourth-order valence-electron chi connectivity index (χ4n) is 2.57. The summed E-state index contributed by atoms with van der Waals surface area (Å²) in [5.74, 6) is -1.09. The van der Waals surface area contributed by atoms with Gasteiger partial charge in [-0.25, -0.2) is 9.59 Å². The maximum atomic E-state index is 12.0. The molecule has 0 aromatic carbocycles. The summed E-state index contributed by atoms with van der Waals surface area (Å²) in [5.41, 5.74) is 0. The van der Waals surface area contributed by atoms with Crippen LogP contribution in [0.5, 0.6) is 0 Å². The van der Waals surface area contributed by atoms with Crippen molar-refractivity contribution >= 4 is 12.0 Å². The number of carboxylic acid groups (broad SMARTS) is 1. The van der Waals surface area contributed by atoms with Crippen molar-refractivity contribution in [2.24, 2.45) is 0 Å². The number of likely N-dealkylation sites (N-methyl/N-ethyl adjacent to an activating group) is 1. The number of hydrogen-bond acceptors (Lipinski definition) is 5. The van der Waals surface area contributed by atoms with Gasteiger partial charge in [0, 0.05) is 32.6 Å². The Bertz CT molecular complexity index is 378. The normalized spacial score (nSPS) is 31.3. The zero-order valence-corrected chi connectivity index (χ0v) is 11.5. The highest BCUT2D eigenvalue weighted by molar-refractivity contribution is 5.83. The number of carbonyl (C=O) groups excluding carboxylic acids is 1. The lowest BCUT2D eigenvalue weighted by molar-refractivity contribution is -0.141. The first-order valence-electron chi connectivity index (χ1n) is 6.73. The number of aliphatic hydroxyl groups is 1. The summed E-state index contributed by atoms with van der Waals surface area (Å²) < 4.78 is 5.52. The molecule has 0 spiro atoms. The van der Waals surface area contributed by atoms with Crippen molar-refractivity contribution in [3.05, 3.63) is 0 Å². The van der Waals surface area contributed by atoms with Crippen molar-refractivity contribution in [1.29, 1.82) is 0 Å². The van der Waals surface area contributed by atoms with Crippen LogP contribution in [-0.2, 0) is 9.53 Å². The Labute approximate surface area is 117 Å². The van der Waals surface area contributed by atoms with Crippen LogP contribution in [0.15, 0.2) is 0 Å². The molecular formula is C12H21N3O5. The molecular weight excluding hydrogens is 266 g/mol. The number of β-amino-alcohol motifs (C(OH)–C–C–N with tert-alkyl or cyclic N) is 1. The summed E-state index contributed by atoms with van der Waals surface area (Å²) >= 11 is 0. The van der Waals surface area contributed by atoms with Crippen LogP contribution in [0.4, 0.5) is 4.79 Å². The van der Waals surface area contributed by atoms with E-state index in [0.717, 1.165) is 13.1 Å². The fraction of sp³-hybridized carbons (Fsp3) is 0.833. The second kappa shape index (κ2) is 6.38. The van der Waals surface area contributed by atoms with E-state index in [0.29, 0.717) is 13.2 Å². The Hall–Kier alpha value is -1.38. The van der Waals surface area contributed by atoms with Gasteiger partial charge in [-0.15, -0.1) is 0 Å². The van der Waals surface area contributed by atoms with E-state index in [4.69, 9.17) is 9.84 Å². The predicted molar refractivity (Wildman–Crippen MR) is 69.4 cm³/mol. The Morgan fingerprint density at radius 3 is 2.80 bits per heavy atom. The summed E-state index contributed by atoms with van der Waals surface area (Å²) in [4.78, 5) is 26.3. The molecule has 0 saturated carbocycles. The van der Waals surface area contributed by atoms with Crippen molar-refractivity contribution in [2.75, 3.05) is 39.8 Å². The van der Waals surface area contributed by atoms with Gasteiger partial charge in [-0.2, -0.15) is 0 Å². The van der Waals surface area contributed by atoms with Crippen LogP contribution in [-0.4, -0.2) is 90.1 Å². The molecule has 0 bridgehead atoms. The molecule has 0 aromatic heterocycles. The minimum Gasteiger partial charge on any atom is -0.480 e. The smallest absolute Gasteiger partial charge is 0.326 e. The number of aliphatic hydroxyl groups excluding tert-OH is 1. The van der Waals surface area contributed by atoms with E-state index in [1.807, 2.05) is 7.05 Å². The number of amides is 2. The van der Waals surface area contributed by atoms with Gasteiger partial charge in [0.25, 0.3) is 0 Å². The van der Waals surface area contributed by atoms with Gasteiger partial charge >= 0.3 is 12.0 Å². The Kier molecular flexibility index (Phi) is 4.79. The van der Waals surface area contributed by atoms with E-state index in [1.54, 1.807) is 0 Å². The number of ether oxygens (including phenoxy) is 1. The van der Waals surface area contributed by atoms with Crippen molar-refractivity contribution in [3.8, 4) is 0 Å². The molecule has 8 heteroatoms. The highest BCUT2D eigenvalue weighted by atomic mass is 16.5. The van der Waals surface area contributed by atoms with Gasteiger partial charge in [-0.3, -0.25) is 0 Å². The number of rotatable bonds is 3. The number of nitrogens with zero attached hydrogens (tertiary/aromatic N) is 2. The highest BCUT2D eigenvalue weighted by Gasteiger charge is 2.39. The van der Waals surface area contributed by atoms with Gasteiger partial charge in [0.1, 0.15) is 6.04 Å². The molecule has 0 aliphatic carbocycles. The monoisotopic (exact) mass is 287 g/mol. The summed E-state index contributed by atoms with van der Waals surface area (Å²) in [5, 5.41) is 21.2. The van der Waals surface area contributed by atoms with E-state index < -0.39 is 24.1 Å². The molecule has 3 N–H and O–H groups in total. The molecule has 2 amide bonds. The maximum absolute atomic E-state index is 12.0. The van der Waals surface area contributed by atoms with Crippen molar-refractivity contribution in [1.82, 2.24) is 15.1 Å². The van der Waals surface area contributed by atoms with Crippen LogP contribution in [0.25, 0.3) is 0 Å². The molecule has 2 aliphatic rings. The largest absolute Gasteiger partial charge is 0.480 e. The van der Waals surface area contributed by atoms with Crippen molar-refractivity contribution < 1.29 is 24.5 Å². The Morgan fingerprint density at radius 2 is 2.15 bits per heavy atom. The molecule has 1 unspecified atom stereocenters. The van der Waals surface area contributed by atoms with Crippen molar-refractivity contribution in [2.45, 2.75) is 24.7 Å². The number of aliphatic carboxylic acids is 1. The third-order valence-corrected chi connectivity index (χ3v) is 3.65. The van der Waals surface area contributed by atoms with Gasteiger partial charge in [-0.1, -0.05) is 0 Å². The molecule has 0 aromatic rings. The zero-order valence-electron chi connectivity index (χ0n) is 11.5. The molecule has 3 atom stereocenters. The molecule has 0 radical (unpaired) electrons. The van der Waals surface area contributed by atoms with E-state index in [2.05, 4.69) is 10.2 Å². The lowest BCUT2D eigenvalue weighted by atomic mass is 10.2. The molecule has 2 fully saturated rings. The lowest BCUT2D eigenvalue weighted by Crippen LogP contribution is -2.51. The molecule has 2 aliphatic heterocycles. The second-order valence-corrected chi connectivity index (χ2v) is 5.34. The second-order valence-electron chi connectivity index (χ2n) is 5.34. The van der Waals surface area contributed by atoms with E-state index in [-0.39, 0.29) is 19.1 Å². The van der Waals surface area contributed by atoms with E-state index in [1.165, 1.54) is 4.90 Å². The third-order valence-electron chi connectivity index (χ3n) is 3.65. The topological polar surface area (TPSA) is 102 Å². The number of morpholine rings is 1. The maximum Gasteiger partial charge on any atom is 0.326 e. The van der Waals surface area contributed by atoms with Crippen LogP contribution in [0.3, 0.4) is 0 Å². The third kappa shape index (κ3) is 3.59. The Balaban J connectivity index is 1.83. The van der Waals surface area contributed by atoms with Gasteiger partial charge in [-0.05, 0) is 7.05 Å². The Morgan fingerprint density at radius 1 is 1.40 bits per heavy atom. The van der Waals surface area contributed by atoms with Gasteiger partial charge in [0.15, 0.2) is 0 Å². The summed E-state index contributed by atoms with van der Waals surface area (Å²) in [6, 6.07) is -1.43. The number of carbonyl (C=O) groups is 2. The number of carboxylic acids is 1. The minimum atomic E-state index is -1.09. The zero-order chi connectivity index (χ0) is 14.7. The predicted octanol–water partition coefficient (Wildman–Crippen LogP) is -1.45. The van der Waals surface area contributed by atoms with E-state index >= 15 is 0 Å². The van der Waals surface area contributed by atoms with Gasteiger partial charge in [0.05, 0.1) is 18.8 Å². The fourth-order valence-corrected chi connectivity index (χ4v) is 2.57. The first kappa shape index (κ1) is 15.0. The standard InChI is InChI=1S/C12H21N3O5/c1-14-2-3-20-9(7-14)5-13-12(19)15-6-8(16)4-10(15)11(17)18/h8-10,16H,2-7H2,1H3,(H,13,19)(H,17,18)/t8-,9?,10-/m1/s1. The number of hydrogen-bond donors (Lipinski definition) is 3. The minimum absolute atomic E-state index is 0.0498. The van der Waals surface area contributed by atoms with Crippen LogP contribution < -0.4 is 5.32 Å². The number of nitrogens with one attached hydrogen (secondary N) is 1. The molecule has 8 nitrogen and oxygen atoms in total. The number of urea groups is 1. The number of likely N-dealkylation sites (tertiary alicyclic amines) is 1. The average Bonchev–Trinajstić information content (AvgIpc) is 2.78.